The van der Waals surface area contributed by atoms with Crippen molar-refractivity contribution >= 4 is 23.7 Å². The molecule has 8 nitrogen and oxygen atoms in total. The fraction of sp³-hybridized carbons (Fsp3) is 0.556. The first-order valence-electron chi connectivity index (χ1n) is 9.21. The molecule has 0 atom stereocenters. The molecule has 3 rings (SSSR count). The molecule has 1 saturated carbocycles. The van der Waals surface area contributed by atoms with Crippen molar-refractivity contribution in [3.8, 4) is 0 Å². The minimum absolute atomic E-state index is 0.0898. The first-order chi connectivity index (χ1) is 13.0. The van der Waals surface area contributed by atoms with Crippen LogP contribution in [-0.4, -0.2) is 38.5 Å². The van der Waals surface area contributed by atoms with Gasteiger partial charge in [-0.3, -0.25) is 14.7 Å². The number of carbonyl (C=O) groups is 2. The van der Waals surface area contributed by atoms with E-state index in [0.29, 0.717) is 11.7 Å². The summed E-state index contributed by atoms with van der Waals surface area (Å²) in [5, 5.41) is 14.3. The highest BCUT2D eigenvalue weighted by molar-refractivity contribution is 7.99. The van der Waals surface area contributed by atoms with Crippen molar-refractivity contribution in [1.29, 1.82) is 0 Å². The number of aromatic nitrogens is 3. The Morgan fingerprint density at radius 1 is 1.33 bits per heavy atom. The Balaban J connectivity index is 1.56. The van der Waals surface area contributed by atoms with E-state index in [-0.39, 0.29) is 23.6 Å². The van der Waals surface area contributed by atoms with Crippen LogP contribution in [0, 0.1) is 0 Å². The van der Waals surface area contributed by atoms with Crippen LogP contribution in [0.2, 0.25) is 0 Å². The summed E-state index contributed by atoms with van der Waals surface area (Å²) in [5.74, 6) is 1.54. The zero-order valence-electron chi connectivity index (χ0n) is 15.6. The third kappa shape index (κ3) is 5.35. The summed E-state index contributed by atoms with van der Waals surface area (Å²) in [6, 6.07) is 3.47. The fourth-order valence-electron chi connectivity index (χ4n) is 3.13. The third-order valence-electron chi connectivity index (χ3n) is 4.43. The molecule has 0 saturated heterocycles. The average molecular weight is 391 g/mol. The number of thioether (sulfide) groups is 1. The van der Waals surface area contributed by atoms with Crippen LogP contribution in [0.3, 0.4) is 0 Å². The number of urea groups is 1. The zero-order chi connectivity index (χ0) is 19.2. The van der Waals surface area contributed by atoms with E-state index in [2.05, 4.69) is 20.8 Å². The minimum atomic E-state index is -0.424. The molecule has 146 valence electrons. The maximum Gasteiger partial charge on any atom is 0.321 e. The standard InChI is InChI=1S/C18H25N5O3S/c1-12(2)16-21-22-18(23(16)10-14-8-5-9-26-14)27-11-15(24)20-17(25)19-13-6-3-4-7-13/h5,8-9,12-13H,3-4,6-7,10-11H2,1-2H3,(H2,19,20,24,25). The van der Waals surface area contributed by atoms with Gasteiger partial charge in [-0.15, -0.1) is 10.2 Å². The molecule has 2 aromatic rings. The zero-order valence-corrected chi connectivity index (χ0v) is 16.4. The Kier molecular flexibility index (Phi) is 6.54. The molecule has 0 aliphatic heterocycles. The number of hydrogen-bond donors (Lipinski definition) is 2. The summed E-state index contributed by atoms with van der Waals surface area (Å²) in [4.78, 5) is 24.0. The van der Waals surface area contributed by atoms with E-state index in [4.69, 9.17) is 4.42 Å². The van der Waals surface area contributed by atoms with Gasteiger partial charge in [0.2, 0.25) is 5.91 Å². The second-order valence-electron chi connectivity index (χ2n) is 6.95. The molecule has 2 N–H and O–H groups in total. The molecular weight excluding hydrogens is 366 g/mol. The quantitative estimate of drug-likeness (QED) is 0.704. The molecular formula is C18H25N5O3S. The molecule has 0 unspecified atom stereocenters. The Labute approximate surface area is 162 Å². The topological polar surface area (TPSA) is 102 Å². The molecule has 1 aliphatic carbocycles. The molecule has 0 spiro atoms. The lowest BCUT2D eigenvalue weighted by Gasteiger charge is -2.12. The fourth-order valence-corrected chi connectivity index (χ4v) is 3.87. The number of rotatable bonds is 7. The van der Waals surface area contributed by atoms with Crippen LogP contribution in [0.5, 0.6) is 0 Å². The molecule has 3 amide bonds. The predicted octanol–water partition coefficient (Wildman–Crippen LogP) is 2.90. The van der Waals surface area contributed by atoms with Crippen molar-refractivity contribution in [1.82, 2.24) is 25.4 Å². The average Bonchev–Trinajstić information content (AvgIpc) is 3.35. The van der Waals surface area contributed by atoms with E-state index in [1.54, 1.807) is 6.26 Å². The SMILES string of the molecule is CC(C)c1nnc(SCC(=O)NC(=O)NC2CCCC2)n1Cc1ccco1. The van der Waals surface area contributed by atoms with Crippen molar-refractivity contribution in [2.75, 3.05) is 5.75 Å². The van der Waals surface area contributed by atoms with E-state index >= 15 is 0 Å². The molecule has 0 aromatic carbocycles. The highest BCUT2D eigenvalue weighted by atomic mass is 32.2. The van der Waals surface area contributed by atoms with Gasteiger partial charge in [0.25, 0.3) is 0 Å². The lowest BCUT2D eigenvalue weighted by molar-refractivity contribution is -0.117. The van der Waals surface area contributed by atoms with Gasteiger partial charge < -0.3 is 9.73 Å². The molecule has 1 fully saturated rings. The number of nitrogens with one attached hydrogen (secondary N) is 2. The summed E-state index contributed by atoms with van der Waals surface area (Å²) in [5.41, 5.74) is 0. The highest BCUT2D eigenvalue weighted by Gasteiger charge is 2.20. The van der Waals surface area contributed by atoms with Crippen molar-refractivity contribution in [2.24, 2.45) is 0 Å². The van der Waals surface area contributed by atoms with E-state index in [1.165, 1.54) is 11.8 Å². The Morgan fingerprint density at radius 2 is 2.11 bits per heavy atom. The van der Waals surface area contributed by atoms with Gasteiger partial charge in [0.1, 0.15) is 11.6 Å². The summed E-state index contributed by atoms with van der Waals surface area (Å²) in [7, 11) is 0. The molecule has 2 aromatic heterocycles. The van der Waals surface area contributed by atoms with Crippen LogP contribution in [0.25, 0.3) is 0 Å². The van der Waals surface area contributed by atoms with Gasteiger partial charge in [-0.25, -0.2) is 4.79 Å². The maximum atomic E-state index is 12.1. The van der Waals surface area contributed by atoms with Gasteiger partial charge in [-0.2, -0.15) is 0 Å². The van der Waals surface area contributed by atoms with Crippen LogP contribution >= 0.6 is 11.8 Å². The van der Waals surface area contributed by atoms with Gasteiger partial charge in [-0.1, -0.05) is 38.5 Å². The van der Waals surface area contributed by atoms with Crippen molar-refractivity contribution in [3.63, 3.8) is 0 Å². The number of nitrogens with zero attached hydrogens (tertiary/aromatic N) is 3. The van der Waals surface area contributed by atoms with Crippen LogP contribution in [0.15, 0.2) is 28.0 Å². The minimum Gasteiger partial charge on any atom is -0.467 e. The van der Waals surface area contributed by atoms with E-state index in [1.807, 2.05) is 30.5 Å². The smallest absolute Gasteiger partial charge is 0.321 e. The summed E-state index contributed by atoms with van der Waals surface area (Å²) < 4.78 is 7.36. The summed E-state index contributed by atoms with van der Waals surface area (Å²) in [6.07, 6.45) is 5.82. The Morgan fingerprint density at radius 3 is 2.78 bits per heavy atom. The second-order valence-corrected chi connectivity index (χ2v) is 7.90. The molecule has 2 heterocycles. The molecule has 1 aliphatic rings. The first-order valence-corrected chi connectivity index (χ1v) is 10.2. The van der Waals surface area contributed by atoms with Gasteiger partial charge in [0.15, 0.2) is 5.16 Å². The number of amides is 3. The lowest BCUT2D eigenvalue weighted by Crippen LogP contribution is -2.44. The highest BCUT2D eigenvalue weighted by Crippen LogP contribution is 2.23. The van der Waals surface area contributed by atoms with Gasteiger partial charge in [-0.05, 0) is 25.0 Å². The normalized spacial score (nSPS) is 14.6. The van der Waals surface area contributed by atoms with Crippen LogP contribution in [0.4, 0.5) is 4.79 Å². The molecule has 0 bridgehead atoms. The van der Waals surface area contributed by atoms with Crippen LogP contribution in [-0.2, 0) is 11.3 Å². The van der Waals surface area contributed by atoms with Crippen LogP contribution in [0.1, 0.15) is 57.0 Å². The van der Waals surface area contributed by atoms with Crippen molar-refractivity contribution < 1.29 is 14.0 Å². The number of carbonyl (C=O) groups excluding carboxylic acids is 2. The van der Waals surface area contributed by atoms with Crippen molar-refractivity contribution in [2.45, 2.75) is 63.2 Å². The predicted molar refractivity (Wildman–Crippen MR) is 102 cm³/mol. The lowest BCUT2D eigenvalue weighted by atomic mass is 10.2. The monoisotopic (exact) mass is 391 g/mol. The molecule has 9 heteroatoms. The van der Waals surface area contributed by atoms with Crippen molar-refractivity contribution in [3.05, 3.63) is 30.0 Å². The largest absolute Gasteiger partial charge is 0.467 e. The van der Waals surface area contributed by atoms with Gasteiger partial charge in [0.05, 0.1) is 18.6 Å². The molecule has 0 radical (unpaired) electrons. The number of furan rings is 1. The number of hydrogen-bond acceptors (Lipinski definition) is 6. The summed E-state index contributed by atoms with van der Waals surface area (Å²) >= 11 is 1.26. The molecule has 27 heavy (non-hydrogen) atoms. The third-order valence-corrected chi connectivity index (χ3v) is 5.40. The second kappa shape index (κ2) is 9.07. The number of imide groups is 1. The van der Waals surface area contributed by atoms with Gasteiger partial charge >= 0.3 is 6.03 Å². The summed E-state index contributed by atoms with van der Waals surface area (Å²) in [6.45, 7) is 4.58. The Hall–Kier alpha value is -2.29. The van der Waals surface area contributed by atoms with E-state index in [9.17, 15) is 9.59 Å². The first kappa shape index (κ1) is 19.5. The van der Waals surface area contributed by atoms with E-state index in [0.717, 1.165) is 37.3 Å². The van der Waals surface area contributed by atoms with Gasteiger partial charge in [0, 0.05) is 12.0 Å². The maximum absolute atomic E-state index is 12.1. The van der Waals surface area contributed by atoms with E-state index < -0.39 is 6.03 Å². The van der Waals surface area contributed by atoms with Crippen LogP contribution < -0.4 is 10.6 Å². The Bertz CT molecular complexity index is 766.